The van der Waals surface area contributed by atoms with E-state index in [1.807, 2.05) is 27.7 Å². The Labute approximate surface area is 120 Å². The summed E-state index contributed by atoms with van der Waals surface area (Å²) in [5.41, 5.74) is 0.415. The van der Waals surface area contributed by atoms with E-state index in [-0.39, 0.29) is 12.1 Å². The fourth-order valence-corrected chi connectivity index (χ4v) is 1.52. The summed E-state index contributed by atoms with van der Waals surface area (Å²) in [5.74, 6) is 0. The monoisotopic (exact) mass is 280 g/mol. The van der Waals surface area contributed by atoms with Crippen LogP contribution in [0.25, 0.3) is 0 Å². The molecule has 1 aromatic heterocycles. The van der Waals surface area contributed by atoms with E-state index in [2.05, 4.69) is 15.3 Å². The van der Waals surface area contributed by atoms with E-state index in [9.17, 15) is 4.79 Å². The number of nitrogens with one attached hydrogen (secondary N) is 1. The van der Waals surface area contributed by atoms with Crippen molar-refractivity contribution in [1.82, 2.24) is 20.2 Å². The van der Waals surface area contributed by atoms with Crippen LogP contribution in [0.4, 0.5) is 4.79 Å². The molecule has 0 fully saturated rings. The maximum Gasteiger partial charge on any atom is 0.410 e. The van der Waals surface area contributed by atoms with Crippen molar-refractivity contribution in [2.24, 2.45) is 0 Å². The highest BCUT2D eigenvalue weighted by Gasteiger charge is 2.19. The summed E-state index contributed by atoms with van der Waals surface area (Å²) in [6, 6.07) is 0.0933. The van der Waals surface area contributed by atoms with Gasteiger partial charge in [0.25, 0.3) is 0 Å². The molecule has 0 saturated heterocycles. The molecule has 1 aromatic rings. The molecule has 0 aliphatic rings. The quantitative estimate of drug-likeness (QED) is 0.893. The first-order valence-electron chi connectivity index (χ1n) is 6.73. The third-order valence-corrected chi connectivity index (χ3v) is 2.63. The van der Waals surface area contributed by atoms with Crippen molar-refractivity contribution in [3.05, 3.63) is 24.3 Å². The maximum atomic E-state index is 11.8. The Balaban J connectivity index is 2.32. The van der Waals surface area contributed by atoms with Gasteiger partial charge in [-0.1, -0.05) is 0 Å². The van der Waals surface area contributed by atoms with Gasteiger partial charge in [0.2, 0.25) is 0 Å². The number of hydrogen-bond acceptors (Lipinski definition) is 5. The van der Waals surface area contributed by atoms with Crippen molar-refractivity contribution >= 4 is 6.09 Å². The summed E-state index contributed by atoms with van der Waals surface area (Å²) >= 11 is 0. The van der Waals surface area contributed by atoms with Gasteiger partial charge in [-0.15, -0.1) is 0 Å². The molecule has 1 amide bonds. The maximum absolute atomic E-state index is 11.8. The van der Waals surface area contributed by atoms with Crippen molar-refractivity contribution < 1.29 is 9.53 Å². The van der Waals surface area contributed by atoms with Crippen LogP contribution < -0.4 is 5.32 Å². The lowest BCUT2D eigenvalue weighted by Gasteiger charge is -2.25. The highest BCUT2D eigenvalue weighted by Crippen LogP contribution is 2.09. The standard InChI is InChI=1S/C14H24N4O2/c1-11(12-10-15-6-7-17-12)16-8-9-18(5)13(19)20-14(2,3)4/h6-7,10-11,16H,8-9H2,1-5H3. The Morgan fingerprint density at radius 3 is 2.70 bits per heavy atom. The summed E-state index contributed by atoms with van der Waals surface area (Å²) in [7, 11) is 1.72. The number of carbonyl (C=O) groups is 1. The first kappa shape index (κ1) is 16.4. The SMILES string of the molecule is CC(NCCN(C)C(=O)OC(C)(C)C)c1cnccn1. The summed E-state index contributed by atoms with van der Waals surface area (Å²) in [5, 5.41) is 3.30. The second kappa shape index (κ2) is 7.19. The van der Waals surface area contributed by atoms with E-state index < -0.39 is 5.60 Å². The van der Waals surface area contributed by atoms with Crippen LogP contribution in [-0.2, 0) is 4.74 Å². The first-order valence-corrected chi connectivity index (χ1v) is 6.73. The second-order valence-electron chi connectivity index (χ2n) is 5.71. The molecule has 6 nitrogen and oxygen atoms in total. The van der Waals surface area contributed by atoms with E-state index in [1.54, 1.807) is 30.5 Å². The first-order chi connectivity index (χ1) is 9.29. The minimum atomic E-state index is -0.467. The predicted molar refractivity (Wildman–Crippen MR) is 77.3 cm³/mol. The van der Waals surface area contributed by atoms with Gasteiger partial charge in [-0.2, -0.15) is 0 Å². The molecule has 1 atom stereocenters. The summed E-state index contributed by atoms with van der Waals surface area (Å²) < 4.78 is 5.28. The fourth-order valence-electron chi connectivity index (χ4n) is 1.52. The average molecular weight is 280 g/mol. The molecule has 0 saturated carbocycles. The van der Waals surface area contributed by atoms with Gasteiger partial charge in [-0.05, 0) is 27.7 Å². The Hall–Kier alpha value is -1.69. The molecular weight excluding hydrogens is 256 g/mol. The Morgan fingerprint density at radius 2 is 2.15 bits per heavy atom. The number of amides is 1. The van der Waals surface area contributed by atoms with Crippen LogP contribution in [0.5, 0.6) is 0 Å². The van der Waals surface area contributed by atoms with Crippen LogP contribution in [0.3, 0.4) is 0 Å². The number of rotatable bonds is 5. The van der Waals surface area contributed by atoms with Gasteiger partial charge >= 0.3 is 6.09 Å². The van der Waals surface area contributed by atoms with Gasteiger partial charge in [0, 0.05) is 44.8 Å². The van der Waals surface area contributed by atoms with E-state index in [1.165, 1.54) is 0 Å². The van der Waals surface area contributed by atoms with Gasteiger partial charge in [0.1, 0.15) is 5.60 Å². The van der Waals surface area contributed by atoms with Gasteiger partial charge < -0.3 is 15.0 Å². The Kier molecular flexibility index (Phi) is 5.88. The predicted octanol–water partition coefficient (Wildman–Crippen LogP) is 1.99. The molecule has 6 heteroatoms. The molecule has 0 aliphatic heterocycles. The molecule has 1 heterocycles. The third kappa shape index (κ3) is 5.97. The van der Waals surface area contributed by atoms with Crippen molar-refractivity contribution in [3.8, 4) is 0 Å². The normalized spacial score (nSPS) is 12.8. The molecule has 1 N–H and O–H groups in total. The van der Waals surface area contributed by atoms with Crippen LogP contribution in [0.15, 0.2) is 18.6 Å². The lowest BCUT2D eigenvalue weighted by Crippen LogP contribution is -2.38. The van der Waals surface area contributed by atoms with Crippen molar-refractivity contribution in [1.29, 1.82) is 0 Å². The second-order valence-corrected chi connectivity index (χ2v) is 5.71. The average Bonchev–Trinajstić information content (AvgIpc) is 2.37. The van der Waals surface area contributed by atoms with Gasteiger partial charge in [-0.3, -0.25) is 9.97 Å². The zero-order chi connectivity index (χ0) is 15.2. The fraction of sp³-hybridized carbons (Fsp3) is 0.643. The van der Waals surface area contributed by atoms with Gasteiger partial charge in [0.05, 0.1) is 5.69 Å². The van der Waals surface area contributed by atoms with Crippen LogP contribution in [0.1, 0.15) is 39.4 Å². The lowest BCUT2D eigenvalue weighted by molar-refractivity contribution is 0.0299. The van der Waals surface area contributed by atoms with Gasteiger partial charge in [-0.25, -0.2) is 4.79 Å². The molecule has 0 bridgehead atoms. The van der Waals surface area contributed by atoms with Crippen molar-refractivity contribution in [3.63, 3.8) is 0 Å². The van der Waals surface area contributed by atoms with Crippen LogP contribution in [0, 0.1) is 0 Å². The van der Waals surface area contributed by atoms with Crippen LogP contribution in [-0.4, -0.2) is 46.7 Å². The lowest BCUT2D eigenvalue weighted by atomic mass is 10.2. The van der Waals surface area contributed by atoms with Crippen LogP contribution >= 0.6 is 0 Å². The summed E-state index contributed by atoms with van der Waals surface area (Å²) in [4.78, 5) is 21.6. The zero-order valence-electron chi connectivity index (χ0n) is 12.9. The number of carbonyl (C=O) groups excluding carboxylic acids is 1. The van der Waals surface area contributed by atoms with Gasteiger partial charge in [0.15, 0.2) is 0 Å². The highest BCUT2D eigenvalue weighted by atomic mass is 16.6. The van der Waals surface area contributed by atoms with E-state index >= 15 is 0 Å². The number of aromatic nitrogens is 2. The van der Waals surface area contributed by atoms with Crippen molar-refractivity contribution in [2.45, 2.75) is 39.3 Å². The zero-order valence-corrected chi connectivity index (χ0v) is 12.9. The number of nitrogens with zero attached hydrogens (tertiary/aromatic N) is 3. The number of hydrogen-bond donors (Lipinski definition) is 1. The Bertz CT molecular complexity index is 417. The third-order valence-electron chi connectivity index (χ3n) is 2.63. The van der Waals surface area contributed by atoms with Crippen LogP contribution in [0.2, 0.25) is 0 Å². The van der Waals surface area contributed by atoms with E-state index in [4.69, 9.17) is 4.74 Å². The molecule has 0 radical (unpaired) electrons. The number of ether oxygens (including phenoxy) is 1. The van der Waals surface area contributed by atoms with E-state index in [0.29, 0.717) is 13.1 Å². The minimum absolute atomic E-state index is 0.0933. The molecular formula is C14H24N4O2. The van der Waals surface area contributed by atoms with Crippen molar-refractivity contribution in [2.75, 3.05) is 20.1 Å². The Morgan fingerprint density at radius 1 is 1.45 bits per heavy atom. The molecule has 20 heavy (non-hydrogen) atoms. The van der Waals surface area contributed by atoms with E-state index in [0.717, 1.165) is 5.69 Å². The molecule has 1 unspecified atom stereocenters. The summed E-state index contributed by atoms with van der Waals surface area (Å²) in [6.07, 6.45) is 4.73. The molecule has 0 spiro atoms. The smallest absolute Gasteiger partial charge is 0.410 e. The highest BCUT2D eigenvalue weighted by molar-refractivity contribution is 5.67. The molecule has 1 rings (SSSR count). The molecule has 0 aromatic carbocycles. The topological polar surface area (TPSA) is 67.4 Å². The minimum Gasteiger partial charge on any atom is -0.444 e. The number of likely N-dealkylation sites (N-methyl/N-ethyl adjacent to an activating group) is 1. The largest absolute Gasteiger partial charge is 0.444 e. The molecule has 112 valence electrons. The molecule has 0 aliphatic carbocycles. The summed E-state index contributed by atoms with van der Waals surface area (Å²) in [6.45, 7) is 8.80.